The van der Waals surface area contributed by atoms with Gasteiger partial charge in [0.25, 0.3) is 0 Å². The molecule has 2 rings (SSSR count). The molecular formula is C17H34N2. The van der Waals surface area contributed by atoms with Crippen molar-refractivity contribution in [3.63, 3.8) is 0 Å². The molecule has 1 saturated carbocycles. The molecule has 0 aromatic rings. The summed E-state index contributed by atoms with van der Waals surface area (Å²) in [5.74, 6) is 0.909. The van der Waals surface area contributed by atoms with Crippen LogP contribution in [-0.4, -0.2) is 36.1 Å². The van der Waals surface area contributed by atoms with Crippen LogP contribution in [-0.2, 0) is 0 Å². The van der Waals surface area contributed by atoms with Crippen LogP contribution in [0.1, 0.15) is 72.1 Å². The minimum absolute atomic E-state index is 0.367. The van der Waals surface area contributed by atoms with Crippen molar-refractivity contribution in [3.8, 4) is 0 Å². The number of nitrogens with one attached hydrogen (secondary N) is 1. The average molecular weight is 266 g/mol. The van der Waals surface area contributed by atoms with Crippen LogP contribution in [0.2, 0.25) is 0 Å². The van der Waals surface area contributed by atoms with E-state index in [0.717, 1.165) is 12.5 Å². The van der Waals surface area contributed by atoms with Crippen molar-refractivity contribution in [3.05, 3.63) is 0 Å². The van der Waals surface area contributed by atoms with Crippen molar-refractivity contribution < 1.29 is 0 Å². The van der Waals surface area contributed by atoms with Crippen LogP contribution >= 0.6 is 0 Å². The van der Waals surface area contributed by atoms with Crippen LogP contribution in [0.3, 0.4) is 0 Å². The average Bonchev–Trinajstić information content (AvgIpc) is 2.98. The molecule has 19 heavy (non-hydrogen) atoms. The normalized spacial score (nSPS) is 27.3. The Morgan fingerprint density at radius 2 is 1.68 bits per heavy atom. The molecular weight excluding hydrogens is 232 g/mol. The van der Waals surface area contributed by atoms with Crippen molar-refractivity contribution >= 4 is 0 Å². The fraction of sp³-hybridized carbons (Fsp3) is 1.00. The standard InChI is InChI=1S/C17H34N2/c1-4-17(3,19-13-9-6-10-14-19)16(18-5-2)15-11-7-8-12-15/h15-16,18H,4-14H2,1-3H3. The Hall–Kier alpha value is -0.0800. The van der Waals surface area contributed by atoms with Gasteiger partial charge in [-0.1, -0.05) is 33.1 Å². The Balaban J connectivity index is 2.13. The number of nitrogens with zero attached hydrogens (tertiary/aromatic N) is 1. The van der Waals surface area contributed by atoms with Gasteiger partial charge in [0.05, 0.1) is 0 Å². The quantitative estimate of drug-likeness (QED) is 0.786. The van der Waals surface area contributed by atoms with Gasteiger partial charge in [-0.2, -0.15) is 0 Å². The third-order valence-electron chi connectivity index (χ3n) is 5.76. The zero-order valence-corrected chi connectivity index (χ0v) is 13.4. The summed E-state index contributed by atoms with van der Waals surface area (Å²) in [6.07, 6.45) is 11.3. The van der Waals surface area contributed by atoms with Crippen molar-refractivity contribution in [1.29, 1.82) is 0 Å². The second-order valence-electron chi connectivity index (χ2n) is 6.84. The SMILES string of the molecule is CCNC(C1CCCC1)C(C)(CC)N1CCCCC1. The van der Waals surface area contributed by atoms with E-state index in [9.17, 15) is 0 Å². The molecule has 1 N–H and O–H groups in total. The van der Waals surface area contributed by atoms with Gasteiger partial charge < -0.3 is 5.32 Å². The van der Waals surface area contributed by atoms with Gasteiger partial charge in [0.1, 0.15) is 0 Å². The summed E-state index contributed by atoms with van der Waals surface area (Å²) in [5.41, 5.74) is 0.367. The number of hydrogen-bond acceptors (Lipinski definition) is 2. The molecule has 1 saturated heterocycles. The van der Waals surface area contributed by atoms with Gasteiger partial charge in [0.2, 0.25) is 0 Å². The number of rotatable bonds is 6. The monoisotopic (exact) mass is 266 g/mol. The summed E-state index contributed by atoms with van der Waals surface area (Å²) >= 11 is 0. The van der Waals surface area contributed by atoms with Crippen molar-refractivity contribution in [2.45, 2.75) is 83.7 Å². The van der Waals surface area contributed by atoms with Gasteiger partial charge >= 0.3 is 0 Å². The molecule has 2 unspecified atom stereocenters. The fourth-order valence-electron chi connectivity index (χ4n) is 4.45. The molecule has 0 radical (unpaired) electrons. The highest BCUT2D eigenvalue weighted by molar-refractivity contribution is 5.01. The summed E-state index contributed by atoms with van der Waals surface area (Å²) in [7, 11) is 0. The van der Waals surface area contributed by atoms with Gasteiger partial charge in [-0.15, -0.1) is 0 Å². The van der Waals surface area contributed by atoms with Gasteiger partial charge in [-0.25, -0.2) is 0 Å². The number of hydrogen-bond donors (Lipinski definition) is 1. The first-order chi connectivity index (χ1) is 9.22. The topological polar surface area (TPSA) is 15.3 Å². The Bertz CT molecular complexity index is 254. The highest BCUT2D eigenvalue weighted by Crippen LogP contribution is 2.37. The second kappa shape index (κ2) is 7.08. The maximum Gasteiger partial charge on any atom is 0.0334 e. The van der Waals surface area contributed by atoms with E-state index < -0.39 is 0 Å². The van der Waals surface area contributed by atoms with E-state index in [-0.39, 0.29) is 0 Å². The summed E-state index contributed by atoms with van der Waals surface area (Å²) in [6.45, 7) is 11.0. The molecule has 0 amide bonds. The molecule has 1 heterocycles. The number of likely N-dealkylation sites (tertiary alicyclic amines) is 1. The number of likely N-dealkylation sites (N-methyl/N-ethyl adjacent to an activating group) is 1. The molecule has 2 heteroatoms. The molecule has 0 aromatic heterocycles. The van der Waals surface area contributed by atoms with Crippen LogP contribution in [0.25, 0.3) is 0 Å². The fourth-order valence-corrected chi connectivity index (χ4v) is 4.45. The molecule has 2 atom stereocenters. The van der Waals surface area contributed by atoms with E-state index in [1.54, 1.807) is 0 Å². The highest BCUT2D eigenvalue weighted by Gasteiger charge is 2.42. The van der Waals surface area contributed by atoms with Crippen LogP contribution < -0.4 is 5.32 Å². The Kier molecular flexibility index (Phi) is 5.70. The molecule has 0 bridgehead atoms. The molecule has 2 nitrogen and oxygen atoms in total. The highest BCUT2D eigenvalue weighted by atomic mass is 15.2. The molecule has 1 aliphatic heterocycles. The van der Waals surface area contributed by atoms with E-state index in [2.05, 4.69) is 31.0 Å². The molecule has 2 aliphatic rings. The minimum atomic E-state index is 0.367. The zero-order valence-electron chi connectivity index (χ0n) is 13.4. The van der Waals surface area contributed by atoms with Crippen molar-refractivity contribution in [1.82, 2.24) is 10.2 Å². The molecule has 112 valence electrons. The van der Waals surface area contributed by atoms with E-state index in [0.29, 0.717) is 11.6 Å². The van der Waals surface area contributed by atoms with E-state index >= 15 is 0 Å². The van der Waals surface area contributed by atoms with Crippen molar-refractivity contribution in [2.75, 3.05) is 19.6 Å². The predicted octanol–water partition coefficient (Wildman–Crippen LogP) is 3.81. The van der Waals surface area contributed by atoms with Crippen LogP contribution in [0.4, 0.5) is 0 Å². The lowest BCUT2D eigenvalue weighted by atomic mass is 9.78. The van der Waals surface area contributed by atoms with Crippen molar-refractivity contribution in [2.24, 2.45) is 5.92 Å². The summed E-state index contributed by atoms with van der Waals surface area (Å²) in [5, 5.41) is 3.87. The Morgan fingerprint density at radius 1 is 1.05 bits per heavy atom. The zero-order chi connectivity index (χ0) is 13.7. The molecule has 1 aliphatic carbocycles. The van der Waals surface area contributed by atoms with Gasteiger partial charge in [0.15, 0.2) is 0 Å². The van der Waals surface area contributed by atoms with E-state index in [1.165, 1.54) is 64.5 Å². The first kappa shape index (κ1) is 15.3. The van der Waals surface area contributed by atoms with E-state index in [4.69, 9.17) is 0 Å². The summed E-state index contributed by atoms with van der Waals surface area (Å²) in [6, 6.07) is 0.697. The van der Waals surface area contributed by atoms with E-state index in [1.807, 2.05) is 0 Å². The third-order valence-corrected chi connectivity index (χ3v) is 5.76. The lowest BCUT2D eigenvalue weighted by Crippen LogP contribution is -2.62. The van der Waals surface area contributed by atoms with Crippen LogP contribution in [0.5, 0.6) is 0 Å². The second-order valence-corrected chi connectivity index (χ2v) is 6.84. The third kappa shape index (κ3) is 3.33. The maximum atomic E-state index is 3.87. The Morgan fingerprint density at radius 3 is 2.21 bits per heavy atom. The van der Waals surface area contributed by atoms with Gasteiger partial charge in [0, 0.05) is 11.6 Å². The first-order valence-electron chi connectivity index (χ1n) is 8.70. The predicted molar refractivity (Wildman–Crippen MR) is 83.5 cm³/mol. The maximum absolute atomic E-state index is 3.87. The lowest BCUT2D eigenvalue weighted by molar-refractivity contribution is 0.0242. The molecule has 0 aromatic carbocycles. The van der Waals surface area contributed by atoms with Gasteiger partial charge in [-0.3, -0.25) is 4.90 Å². The van der Waals surface area contributed by atoms with Crippen LogP contribution in [0, 0.1) is 5.92 Å². The smallest absolute Gasteiger partial charge is 0.0334 e. The Labute approximate surface area is 120 Å². The molecule has 0 spiro atoms. The number of piperidine rings is 1. The summed E-state index contributed by atoms with van der Waals surface area (Å²) in [4.78, 5) is 2.81. The minimum Gasteiger partial charge on any atom is -0.312 e. The largest absolute Gasteiger partial charge is 0.312 e. The lowest BCUT2D eigenvalue weighted by Gasteiger charge is -2.50. The van der Waals surface area contributed by atoms with Gasteiger partial charge in [-0.05, 0) is 64.6 Å². The first-order valence-corrected chi connectivity index (χ1v) is 8.70. The molecule has 2 fully saturated rings. The van der Waals surface area contributed by atoms with Crippen LogP contribution in [0.15, 0.2) is 0 Å². The summed E-state index contributed by atoms with van der Waals surface area (Å²) < 4.78 is 0.